The zero-order valence-corrected chi connectivity index (χ0v) is 14.3. The Hall–Kier alpha value is -0.990. The van der Waals surface area contributed by atoms with E-state index < -0.39 is 0 Å². The lowest BCUT2D eigenvalue weighted by atomic mass is 9.87. The first kappa shape index (κ1) is 15.4. The quantitative estimate of drug-likeness (QED) is 0.590. The molecule has 2 aromatic carbocycles. The second-order valence-electron chi connectivity index (χ2n) is 5.78. The van der Waals surface area contributed by atoms with Crippen molar-refractivity contribution < 1.29 is 4.74 Å². The van der Waals surface area contributed by atoms with Gasteiger partial charge in [-0.3, -0.25) is 0 Å². The number of ether oxygens (including phenoxy) is 1. The minimum Gasteiger partial charge on any atom is -0.456 e. The van der Waals surface area contributed by atoms with Gasteiger partial charge in [0.1, 0.15) is 11.5 Å². The van der Waals surface area contributed by atoms with Gasteiger partial charge < -0.3 is 4.74 Å². The van der Waals surface area contributed by atoms with Crippen LogP contribution in [0.3, 0.4) is 0 Å². The van der Waals surface area contributed by atoms with E-state index in [9.17, 15) is 0 Å². The molecule has 20 heavy (non-hydrogen) atoms. The molecule has 0 atom stereocenters. The molecule has 0 saturated carbocycles. The van der Waals surface area contributed by atoms with Gasteiger partial charge in [0.15, 0.2) is 0 Å². The van der Waals surface area contributed by atoms with Gasteiger partial charge in [-0.05, 0) is 56.7 Å². The maximum Gasteiger partial charge on any atom is 0.141 e. The molecule has 0 fully saturated rings. The van der Waals surface area contributed by atoms with Crippen molar-refractivity contribution in [2.45, 2.75) is 32.1 Å². The molecule has 3 heteroatoms. The third-order valence-corrected chi connectivity index (χ3v) is 4.01. The van der Waals surface area contributed by atoms with E-state index >= 15 is 0 Å². The van der Waals surface area contributed by atoms with Crippen molar-refractivity contribution in [2.24, 2.45) is 0 Å². The summed E-state index contributed by atoms with van der Waals surface area (Å²) in [4.78, 5) is 0. The summed E-state index contributed by atoms with van der Waals surface area (Å²) in [6, 6.07) is 14.1. The van der Waals surface area contributed by atoms with Crippen LogP contribution in [0.25, 0.3) is 0 Å². The molecule has 0 N–H and O–H groups in total. The second kappa shape index (κ2) is 6.19. The Labute approximate surface area is 134 Å². The van der Waals surface area contributed by atoms with Crippen LogP contribution in [0, 0.1) is 0 Å². The lowest BCUT2D eigenvalue weighted by molar-refractivity contribution is 0.475. The molecule has 106 valence electrons. The normalized spacial score (nSPS) is 11.4. The number of hydrogen-bond acceptors (Lipinski definition) is 1. The molecule has 2 aromatic rings. The van der Waals surface area contributed by atoms with E-state index in [2.05, 4.69) is 48.8 Å². The molecular weight excluding hydrogens is 336 g/mol. The topological polar surface area (TPSA) is 9.23 Å². The van der Waals surface area contributed by atoms with Gasteiger partial charge >= 0.3 is 0 Å². The monoisotopic (exact) mass is 352 g/mol. The summed E-state index contributed by atoms with van der Waals surface area (Å²) >= 11 is 9.34. The summed E-state index contributed by atoms with van der Waals surface area (Å²) in [6.45, 7) is 6.58. The van der Waals surface area contributed by atoms with Crippen LogP contribution in [0.2, 0.25) is 0 Å². The summed E-state index contributed by atoms with van der Waals surface area (Å²) in [5.74, 6) is 2.14. The van der Waals surface area contributed by atoms with Crippen LogP contribution < -0.4 is 4.74 Å². The van der Waals surface area contributed by atoms with Crippen molar-refractivity contribution in [3.05, 3.63) is 58.1 Å². The Morgan fingerprint density at radius 2 is 1.85 bits per heavy atom. The van der Waals surface area contributed by atoms with E-state index in [0.29, 0.717) is 5.88 Å². The van der Waals surface area contributed by atoms with E-state index in [1.54, 1.807) is 0 Å². The van der Waals surface area contributed by atoms with Crippen LogP contribution in [0.1, 0.15) is 31.9 Å². The number of rotatable bonds is 3. The predicted octanol–water partition coefficient (Wildman–Crippen LogP) is 6.28. The van der Waals surface area contributed by atoms with Crippen LogP contribution in [0.15, 0.2) is 46.9 Å². The van der Waals surface area contributed by atoms with Crippen molar-refractivity contribution in [2.75, 3.05) is 0 Å². The summed E-state index contributed by atoms with van der Waals surface area (Å²) in [5, 5.41) is 0. The molecule has 0 amide bonds. The Morgan fingerprint density at radius 1 is 1.10 bits per heavy atom. The van der Waals surface area contributed by atoms with Crippen LogP contribution in [0.4, 0.5) is 0 Å². The zero-order valence-electron chi connectivity index (χ0n) is 11.9. The Morgan fingerprint density at radius 3 is 2.45 bits per heavy atom. The van der Waals surface area contributed by atoms with E-state index in [4.69, 9.17) is 16.3 Å². The SMILES string of the molecule is CC(C)(C)c1cccc(Oc2ccc(CCl)cc2Br)c1. The highest BCUT2D eigenvalue weighted by Crippen LogP contribution is 2.33. The van der Waals surface area contributed by atoms with Crippen LogP contribution in [0.5, 0.6) is 11.5 Å². The molecule has 2 rings (SSSR count). The predicted molar refractivity (Wildman–Crippen MR) is 88.9 cm³/mol. The Bertz CT molecular complexity index is 602. The molecule has 0 bridgehead atoms. The van der Waals surface area contributed by atoms with Gasteiger partial charge in [-0.1, -0.05) is 39.0 Å². The molecule has 1 nitrogen and oxygen atoms in total. The molecule has 0 radical (unpaired) electrons. The number of hydrogen-bond donors (Lipinski definition) is 0. The van der Waals surface area contributed by atoms with Gasteiger partial charge in [0, 0.05) is 5.88 Å². The van der Waals surface area contributed by atoms with Crippen molar-refractivity contribution in [1.29, 1.82) is 0 Å². The average Bonchev–Trinajstić information content (AvgIpc) is 2.40. The smallest absolute Gasteiger partial charge is 0.141 e. The standard InChI is InChI=1S/C17H18BrClO/c1-17(2,3)13-5-4-6-14(10-13)20-16-8-7-12(11-19)9-15(16)18/h4-10H,11H2,1-3H3. The fourth-order valence-electron chi connectivity index (χ4n) is 1.86. The van der Waals surface area contributed by atoms with Gasteiger partial charge in [0.25, 0.3) is 0 Å². The van der Waals surface area contributed by atoms with Crippen molar-refractivity contribution in [3.63, 3.8) is 0 Å². The first-order chi connectivity index (χ1) is 9.40. The maximum atomic E-state index is 5.95. The lowest BCUT2D eigenvalue weighted by Crippen LogP contribution is -2.10. The fraction of sp³-hybridized carbons (Fsp3) is 0.294. The first-order valence-corrected chi connectivity index (χ1v) is 7.85. The molecule has 0 saturated heterocycles. The minimum absolute atomic E-state index is 0.110. The number of alkyl halides is 1. The molecule has 0 aromatic heterocycles. The Kier molecular flexibility index (Phi) is 4.77. The third-order valence-electron chi connectivity index (χ3n) is 3.08. The number of benzene rings is 2. The van der Waals surface area contributed by atoms with E-state index in [-0.39, 0.29) is 5.41 Å². The largest absolute Gasteiger partial charge is 0.456 e. The fourth-order valence-corrected chi connectivity index (χ4v) is 2.54. The first-order valence-electron chi connectivity index (χ1n) is 6.53. The second-order valence-corrected chi connectivity index (χ2v) is 6.90. The van der Waals surface area contributed by atoms with Crippen LogP contribution in [-0.2, 0) is 11.3 Å². The zero-order chi connectivity index (χ0) is 14.8. The van der Waals surface area contributed by atoms with E-state index in [1.807, 2.05) is 30.3 Å². The summed E-state index contributed by atoms with van der Waals surface area (Å²) in [7, 11) is 0. The molecular formula is C17H18BrClO. The summed E-state index contributed by atoms with van der Waals surface area (Å²) in [5.41, 5.74) is 2.43. The van der Waals surface area contributed by atoms with E-state index in [1.165, 1.54) is 5.56 Å². The third kappa shape index (κ3) is 3.77. The summed E-state index contributed by atoms with van der Waals surface area (Å²) < 4.78 is 6.87. The molecule has 0 heterocycles. The van der Waals surface area contributed by atoms with Gasteiger partial charge in [-0.15, -0.1) is 11.6 Å². The minimum atomic E-state index is 0.110. The highest BCUT2D eigenvalue weighted by Gasteiger charge is 2.14. The average molecular weight is 354 g/mol. The van der Waals surface area contributed by atoms with Crippen molar-refractivity contribution in [3.8, 4) is 11.5 Å². The Balaban J connectivity index is 2.26. The van der Waals surface area contributed by atoms with Gasteiger partial charge in [-0.2, -0.15) is 0 Å². The number of halogens is 2. The van der Waals surface area contributed by atoms with Gasteiger partial charge in [0.2, 0.25) is 0 Å². The van der Waals surface area contributed by atoms with Gasteiger partial charge in [-0.25, -0.2) is 0 Å². The van der Waals surface area contributed by atoms with Crippen molar-refractivity contribution in [1.82, 2.24) is 0 Å². The van der Waals surface area contributed by atoms with Gasteiger partial charge in [0.05, 0.1) is 4.47 Å². The molecule has 0 unspecified atom stereocenters. The van der Waals surface area contributed by atoms with Crippen LogP contribution in [-0.4, -0.2) is 0 Å². The highest BCUT2D eigenvalue weighted by atomic mass is 79.9. The molecule has 0 aliphatic heterocycles. The highest BCUT2D eigenvalue weighted by molar-refractivity contribution is 9.10. The van der Waals surface area contributed by atoms with E-state index in [0.717, 1.165) is 21.5 Å². The summed E-state index contributed by atoms with van der Waals surface area (Å²) in [6.07, 6.45) is 0. The molecule has 0 aliphatic carbocycles. The molecule has 0 spiro atoms. The van der Waals surface area contributed by atoms with Crippen molar-refractivity contribution >= 4 is 27.5 Å². The maximum absolute atomic E-state index is 5.95. The molecule has 0 aliphatic rings. The lowest BCUT2D eigenvalue weighted by Gasteiger charge is -2.20. The van der Waals surface area contributed by atoms with Crippen LogP contribution >= 0.6 is 27.5 Å².